The SMILES string of the molecule is CC(C)(C)c1ccc(S(OC(=O)C(O)(C(F)(F)F)C(F)(F)F)(c2ccccc2)c2ccccc2)cc1. The zero-order valence-electron chi connectivity index (χ0n) is 19.5. The van der Waals surface area contributed by atoms with Crippen LogP contribution in [0.2, 0.25) is 0 Å². The standard InChI is InChI=1S/C26H24F6O3S/c1-23(2,3)18-14-16-21(17-15-18)36(19-10-6-4-7-11-19,20-12-8-5-9-13-20)35-22(33)24(34,25(27,28)29)26(30,31)32/h4-17,34H,1-3H3. The number of carbonyl (C=O) groups excluding carboxylic acids is 1. The Hall–Kier alpha value is -2.98. The van der Waals surface area contributed by atoms with E-state index in [-0.39, 0.29) is 20.1 Å². The van der Waals surface area contributed by atoms with E-state index in [1.165, 1.54) is 60.7 Å². The van der Waals surface area contributed by atoms with E-state index in [2.05, 4.69) is 0 Å². The molecule has 3 rings (SSSR count). The monoisotopic (exact) mass is 530 g/mol. The molecule has 36 heavy (non-hydrogen) atoms. The molecule has 0 atom stereocenters. The maximum Gasteiger partial charge on any atom is 0.437 e. The molecule has 0 unspecified atom stereocenters. The summed E-state index contributed by atoms with van der Waals surface area (Å²) in [4.78, 5) is 13.3. The molecule has 0 saturated heterocycles. The van der Waals surface area contributed by atoms with E-state index in [9.17, 15) is 36.2 Å². The summed E-state index contributed by atoms with van der Waals surface area (Å²) in [7, 11) is -3.51. The van der Waals surface area contributed by atoms with Gasteiger partial charge >= 0.3 is 23.9 Å². The van der Waals surface area contributed by atoms with Gasteiger partial charge in [-0.3, -0.25) is 0 Å². The molecule has 0 aliphatic carbocycles. The van der Waals surface area contributed by atoms with Crippen molar-refractivity contribution in [2.24, 2.45) is 0 Å². The Morgan fingerprint density at radius 3 is 1.36 bits per heavy atom. The number of benzene rings is 3. The third-order valence-corrected chi connectivity index (χ3v) is 8.73. The van der Waals surface area contributed by atoms with Crippen molar-refractivity contribution in [2.75, 3.05) is 0 Å². The Morgan fingerprint density at radius 2 is 1.03 bits per heavy atom. The van der Waals surface area contributed by atoms with Gasteiger partial charge in [-0.15, -0.1) is 0 Å². The van der Waals surface area contributed by atoms with Crippen LogP contribution in [0, 0.1) is 0 Å². The molecule has 1 N–H and O–H groups in total. The van der Waals surface area contributed by atoms with Gasteiger partial charge in [-0.25, -0.2) is 4.79 Å². The number of carbonyl (C=O) groups is 1. The Bertz CT molecular complexity index is 1130. The van der Waals surface area contributed by atoms with Crippen molar-refractivity contribution in [3.8, 4) is 0 Å². The highest BCUT2D eigenvalue weighted by Gasteiger charge is 2.77. The molecule has 0 aromatic heterocycles. The van der Waals surface area contributed by atoms with Crippen LogP contribution in [0.4, 0.5) is 26.3 Å². The molecule has 0 radical (unpaired) electrons. The Labute approximate surface area is 206 Å². The lowest BCUT2D eigenvalue weighted by molar-refractivity contribution is -0.354. The van der Waals surface area contributed by atoms with E-state index >= 15 is 0 Å². The summed E-state index contributed by atoms with van der Waals surface area (Å²) in [5.74, 6) is -2.86. The Kier molecular flexibility index (Phi) is 7.27. The molecule has 0 bridgehead atoms. The molecule has 0 aliphatic heterocycles. The van der Waals surface area contributed by atoms with Crippen molar-refractivity contribution >= 4 is 16.3 Å². The number of rotatable bonds is 5. The minimum atomic E-state index is -6.38. The third kappa shape index (κ3) is 4.84. The van der Waals surface area contributed by atoms with Crippen LogP contribution in [-0.4, -0.2) is 29.0 Å². The third-order valence-electron chi connectivity index (χ3n) is 5.52. The Balaban J connectivity index is 2.35. The van der Waals surface area contributed by atoms with Gasteiger partial charge in [0.05, 0.1) is 0 Å². The van der Waals surface area contributed by atoms with Crippen LogP contribution in [0.1, 0.15) is 26.3 Å². The highest BCUT2D eigenvalue weighted by atomic mass is 32.3. The van der Waals surface area contributed by atoms with Gasteiger partial charge in [0, 0.05) is 14.7 Å². The van der Waals surface area contributed by atoms with Crippen molar-refractivity contribution in [2.45, 2.75) is 58.8 Å². The normalized spacial score (nSPS) is 13.8. The van der Waals surface area contributed by atoms with E-state index in [4.69, 9.17) is 4.18 Å². The largest absolute Gasteiger partial charge is 0.437 e. The number of aliphatic hydroxyl groups is 1. The summed E-state index contributed by atoms with van der Waals surface area (Å²) in [6.07, 6.45) is -12.8. The summed E-state index contributed by atoms with van der Waals surface area (Å²) in [5.41, 5.74) is -5.19. The minimum Gasteiger partial charge on any atom is -0.399 e. The molecule has 3 aromatic carbocycles. The molecule has 3 aromatic rings. The maximum atomic E-state index is 13.6. The summed E-state index contributed by atoms with van der Waals surface area (Å²) >= 11 is 0. The topological polar surface area (TPSA) is 46.5 Å². The zero-order chi connectivity index (χ0) is 27.0. The van der Waals surface area contributed by atoms with Gasteiger partial charge in [-0.1, -0.05) is 69.3 Å². The summed E-state index contributed by atoms with van der Waals surface area (Å²) < 4.78 is 86.6. The average molecular weight is 531 g/mol. The number of halogens is 6. The lowest BCUT2D eigenvalue weighted by Gasteiger charge is -2.42. The number of alkyl halides is 6. The second-order valence-corrected chi connectivity index (χ2v) is 11.7. The molecule has 0 saturated carbocycles. The molecule has 0 aliphatic rings. The summed E-state index contributed by atoms with van der Waals surface area (Å²) in [6.45, 7) is 5.80. The lowest BCUT2D eigenvalue weighted by atomic mass is 9.87. The van der Waals surface area contributed by atoms with Gasteiger partial charge in [-0.05, 0) is 57.7 Å². The van der Waals surface area contributed by atoms with Gasteiger partial charge in [0.25, 0.3) is 0 Å². The van der Waals surface area contributed by atoms with Crippen molar-refractivity contribution < 1.29 is 40.4 Å². The smallest absolute Gasteiger partial charge is 0.399 e. The zero-order valence-corrected chi connectivity index (χ0v) is 20.3. The van der Waals surface area contributed by atoms with Gasteiger partial charge < -0.3 is 9.29 Å². The second kappa shape index (κ2) is 9.48. The molecule has 10 heteroatoms. The Morgan fingerprint density at radius 1 is 0.667 bits per heavy atom. The molecule has 194 valence electrons. The van der Waals surface area contributed by atoms with E-state index < -0.39 is 34.2 Å². The van der Waals surface area contributed by atoms with Gasteiger partial charge in [0.1, 0.15) is 0 Å². The minimum absolute atomic E-state index is 0.166. The fourth-order valence-electron chi connectivity index (χ4n) is 3.49. The molecular weight excluding hydrogens is 506 g/mol. The van der Waals surface area contributed by atoms with Crippen LogP contribution in [0.25, 0.3) is 0 Å². The van der Waals surface area contributed by atoms with Gasteiger partial charge in [0.2, 0.25) is 0 Å². The van der Waals surface area contributed by atoms with Crippen molar-refractivity contribution in [3.63, 3.8) is 0 Å². The van der Waals surface area contributed by atoms with E-state index in [0.29, 0.717) is 0 Å². The van der Waals surface area contributed by atoms with Crippen LogP contribution >= 0.6 is 10.3 Å². The van der Waals surface area contributed by atoms with Gasteiger partial charge in [-0.2, -0.15) is 26.3 Å². The van der Waals surface area contributed by atoms with Crippen LogP contribution < -0.4 is 0 Å². The number of hydrogen-bond donors (Lipinski definition) is 1. The first-order valence-corrected chi connectivity index (χ1v) is 12.2. The highest BCUT2D eigenvalue weighted by Crippen LogP contribution is 2.70. The predicted molar refractivity (Wildman–Crippen MR) is 124 cm³/mol. The first kappa shape index (κ1) is 27.6. The van der Waals surface area contributed by atoms with Crippen LogP contribution in [-0.2, 0) is 14.4 Å². The summed E-state index contributed by atoms with van der Waals surface area (Å²) in [6, 6.07) is 21.5. The maximum absolute atomic E-state index is 13.6. The first-order valence-electron chi connectivity index (χ1n) is 10.7. The number of hydrogen-bond acceptors (Lipinski definition) is 3. The fourth-order valence-corrected chi connectivity index (χ4v) is 6.54. The summed E-state index contributed by atoms with van der Waals surface area (Å²) in [5, 5.41) is 9.80. The predicted octanol–water partition coefficient (Wildman–Crippen LogP) is 7.58. The van der Waals surface area contributed by atoms with Crippen molar-refractivity contribution in [1.82, 2.24) is 0 Å². The van der Waals surface area contributed by atoms with E-state index in [1.54, 1.807) is 24.3 Å². The molecule has 3 nitrogen and oxygen atoms in total. The molecular formula is C26H24F6O3S. The van der Waals surface area contributed by atoms with Crippen LogP contribution in [0.15, 0.2) is 99.6 Å². The molecule has 0 spiro atoms. The molecule has 0 amide bonds. The van der Waals surface area contributed by atoms with Crippen LogP contribution in [0.3, 0.4) is 0 Å². The van der Waals surface area contributed by atoms with Gasteiger partial charge in [0.15, 0.2) is 0 Å². The molecule has 0 fully saturated rings. The van der Waals surface area contributed by atoms with E-state index in [0.717, 1.165) is 5.56 Å². The average Bonchev–Trinajstić information content (AvgIpc) is 2.81. The second-order valence-electron chi connectivity index (χ2n) is 9.03. The van der Waals surface area contributed by atoms with E-state index in [1.807, 2.05) is 20.8 Å². The van der Waals surface area contributed by atoms with Crippen molar-refractivity contribution in [3.05, 3.63) is 90.5 Å². The lowest BCUT2D eigenvalue weighted by Crippen LogP contribution is -2.63. The first-order chi connectivity index (χ1) is 16.5. The fraction of sp³-hybridized carbons (Fsp3) is 0.269. The molecule has 0 heterocycles. The highest BCUT2D eigenvalue weighted by molar-refractivity contribution is 8.30. The van der Waals surface area contributed by atoms with Crippen LogP contribution in [0.5, 0.6) is 0 Å². The van der Waals surface area contributed by atoms with Crippen molar-refractivity contribution in [1.29, 1.82) is 0 Å². The quantitative estimate of drug-likeness (QED) is 0.346.